The quantitative estimate of drug-likeness (QED) is 0.491. The van der Waals surface area contributed by atoms with Crippen molar-refractivity contribution in [2.75, 3.05) is 0 Å². The van der Waals surface area contributed by atoms with Gasteiger partial charge in [-0.25, -0.2) is 0 Å². The van der Waals surface area contributed by atoms with E-state index in [2.05, 4.69) is 13.8 Å². The van der Waals surface area contributed by atoms with Gasteiger partial charge in [0.2, 0.25) is 0 Å². The van der Waals surface area contributed by atoms with E-state index < -0.39 is 0 Å². The summed E-state index contributed by atoms with van der Waals surface area (Å²) in [6.45, 7) is 10.2. The van der Waals surface area contributed by atoms with Crippen molar-refractivity contribution in [3.63, 3.8) is 0 Å². The van der Waals surface area contributed by atoms with E-state index in [0.29, 0.717) is 29.8 Å². The molecule has 2 aliphatic rings. The van der Waals surface area contributed by atoms with Crippen molar-refractivity contribution in [1.29, 1.82) is 0 Å². The second-order valence-corrected chi connectivity index (χ2v) is 10.2. The van der Waals surface area contributed by atoms with Crippen LogP contribution in [0.15, 0.2) is 34.9 Å². The predicted molar refractivity (Wildman–Crippen MR) is 121 cm³/mol. The minimum absolute atomic E-state index is 0.0295. The summed E-state index contributed by atoms with van der Waals surface area (Å²) in [5.41, 5.74) is 5.15. The zero-order valence-electron chi connectivity index (χ0n) is 18.7. The standard InChI is InChI=1S/C26H31ClO3/c1-15-10-16(2)19(25(30)11-15)6-7-23(28)21-13-18(27)12-20(17(21)3)22-14-26(4,5)9-8-24(22)29/h10,12-13,22H,6-9,11,14H2,1-5H3. The SMILES string of the molecule is CC1=CC(C)=C(CCC(=O)c2cc(Cl)cc(C3CC(C)(C)CCC3=O)c2C)C(=O)C1. The lowest BCUT2D eigenvalue weighted by atomic mass is 9.68. The minimum atomic E-state index is -0.211. The van der Waals surface area contributed by atoms with Crippen LogP contribution in [-0.2, 0) is 9.59 Å². The molecule has 1 aromatic carbocycles. The van der Waals surface area contributed by atoms with Crippen molar-refractivity contribution in [3.05, 3.63) is 56.6 Å². The van der Waals surface area contributed by atoms with Crippen LogP contribution in [0.1, 0.15) is 93.6 Å². The molecule has 0 N–H and O–H groups in total. The molecule has 1 fully saturated rings. The molecule has 1 aromatic rings. The molecule has 0 amide bonds. The maximum atomic E-state index is 13.1. The third-order valence-electron chi connectivity index (χ3n) is 6.60. The number of rotatable bonds is 5. The van der Waals surface area contributed by atoms with Crippen LogP contribution in [0.2, 0.25) is 5.02 Å². The lowest BCUT2D eigenvalue weighted by Gasteiger charge is -2.35. The van der Waals surface area contributed by atoms with Crippen molar-refractivity contribution in [2.45, 2.75) is 79.1 Å². The number of hydrogen-bond acceptors (Lipinski definition) is 3. The van der Waals surface area contributed by atoms with Gasteiger partial charge in [-0.2, -0.15) is 0 Å². The molecule has 0 aromatic heterocycles. The van der Waals surface area contributed by atoms with Crippen LogP contribution >= 0.6 is 11.6 Å². The molecule has 1 atom stereocenters. The fraction of sp³-hybridized carbons (Fsp3) is 0.500. The first-order chi connectivity index (χ1) is 14.0. The summed E-state index contributed by atoms with van der Waals surface area (Å²) in [5, 5.41) is 0.484. The second-order valence-electron chi connectivity index (χ2n) is 9.73. The number of benzene rings is 1. The monoisotopic (exact) mass is 426 g/mol. The van der Waals surface area contributed by atoms with Gasteiger partial charge in [0, 0.05) is 35.8 Å². The average Bonchev–Trinajstić information content (AvgIpc) is 2.64. The molecule has 30 heavy (non-hydrogen) atoms. The van der Waals surface area contributed by atoms with E-state index in [0.717, 1.165) is 40.7 Å². The van der Waals surface area contributed by atoms with Gasteiger partial charge in [0.15, 0.2) is 11.6 Å². The largest absolute Gasteiger partial charge is 0.299 e. The molecular weight excluding hydrogens is 396 g/mol. The Kier molecular flexibility index (Phi) is 6.52. The van der Waals surface area contributed by atoms with Crippen LogP contribution in [0, 0.1) is 12.3 Å². The maximum absolute atomic E-state index is 13.1. The van der Waals surface area contributed by atoms with E-state index >= 15 is 0 Å². The first kappa shape index (κ1) is 22.7. The molecule has 0 saturated heterocycles. The Hall–Kier alpha value is -2.00. The van der Waals surface area contributed by atoms with E-state index in [1.807, 2.05) is 32.9 Å². The zero-order chi connectivity index (χ0) is 22.2. The van der Waals surface area contributed by atoms with Gasteiger partial charge in [-0.1, -0.05) is 37.1 Å². The van der Waals surface area contributed by atoms with Crippen molar-refractivity contribution in [3.8, 4) is 0 Å². The van der Waals surface area contributed by atoms with Gasteiger partial charge in [-0.15, -0.1) is 0 Å². The normalized spacial score (nSPS) is 21.7. The minimum Gasteiger partial charge on any atom is -0.299 e. The lowest BCUT2D eigenvalue weighted by Crippen LogP contribution is -2.29. The summed E-state index contributed by atoms with van der Waals surface area (Å²) in [6.07, 6.45) is 5.38. The van der Waals surface area contributed by atoms with Crippen molar-refractivity contribution in [1.82, 2.24) is 0 Å². The highest BCUT2D eigenvalue weighted by molar-refractivity contribution is 6.31. The third-order valence-corrected chi connectivity index (χ3v) is 6.82. The Morgan fingerprint density at radius 3 is 2.53 bits per heavy atom. The van der Waals surface area contributed by atoms with Gasteiger partial charge in [0.1, 0.15) is 5.78 Å². The number of Topliss-reactive ketones (excluding diaryl/α,β-unsaturated/α-hetero) is 3. The molecule has 0 aliphatic heterocycles. The Labute approximate surface area is 184 Å². The molecule has 3 rings (SSSR count). The number of ketones is 3. The van der Waals surface area contributed by atoms with Gasteiger partial charge in [0.05, 0.1) is 0 Å². The molecule has 1 unspecified atom stereocenters. The summed E-state index contributed by atoms with van der Waals surface area (Å²) in [4.78, 5) is 38.1. The predicted octanol–water partition coefficient (Wildman–Crippen LogP) is 6.71. The number of halogens is 1. The molecule has 1 saturated carbocycles. The number of allylic oxidation sites excluding steroid dienone is 4. The Morgan fingerprint density at radius 2 is 1.87 bits per heavy atom. The molecule has 0 spiro atoms. The molecule has 3 nitrogen and oxygen atoms in total. The number of carbonyl (C=O) groups is 3. The van der Waals surface area contributed by atoms with Crippen molar-refractivity contribution >= 4 is 29.0 Å². The topological polar surface area (TPSA) is 51.2 Å². The highest BCUT2D eigenvalue weighted by Gasteiger charge is 2.36. The van der Waals surface area contributed by atoms with Gasteiger partial charge >= 0.3 is 0 Å². The smallest absolute Gasteiger partial charge is 0.163 e. The molecular formula is C26H31ClO3. The summed E-state index contributed by atoms with van der Waals surface area (Å²) < 4.78 is 0. The van der Waals surface area contributed by atoms with E-state index in [1.165, 1.54) is 0 Å². The van der Waals surface area contributed by atoms with Crippen LogP contribution in [-0.4, -0.2) is 17.3 Å². The Balaban J connectivity index is 1.86. The highest BCUT2D eigenvalue weighted by atomic mass is 35.5. The molecule has 0 heterocycles. The summed E-state index contributed by atoms with van der Waals surface area (Å²) >= 11 is 6.38. The second kappa shape index (κ2) is 8.63. The van der Waals surface area contributed by atoms with Crippen LogP contribution in [0.5, 0.6) is 0 Å². The molecule has 0 radical (unpaired) electrons. The lowest BCUT2D eigenvalue weighted by molar-refractivity contribution is -0.124. The van der Waals surface area contributed by atoms with E-state index in [1.54, 1.807) is 6.07 Å². The molecule has 4 heteroatoms. The van der Waals surface area contributed by atoms with Crippen LogP contribution in [0.25, 0.3) is 0 Å². The van der Waals surface area contributed by atoms with Gasteiger partial charge in [-0.05, 0) is 79.9 Å². The van der Waals surface area contributed by atoms with Gasteiger partial charge < -0.3 is 0 Å². The van der Waals surface area contributed by atoms with Crippen LogP contribution < -0.4 is 0 Å². The summed E-state index contributed by atoms with van der Waals surface area (Å²) in [7, 11) is 0. The highest BCUT2D eigenvalue weighted by Crippen LogP contribution is 2.43. The van der Waals surface area contributed by atoms with Crippen LogP contribution in [0.3, 0.4) is 0 Å². The van der Waals surface area contributed by atoms with E-state index in [9.17, 15) is 14.4 Å². The van der Waals surface area contributed by atoms with E-state index in [4.69, 9.17) is 11.6 Å². The third kappa shape index (κ3) is 4.83. The number of carbonyl (C=O) groups excluding carboxylic acids is 3. The fourth-order valence-corrected chi connectivity index (χ4v) is 5.06. The summed E-state index contributed by atoms with van der Waals surface area (Å²) in [6, 6.07) is 3.55. The van der Waals surface area contributed by atoms with Gasteiger partial charge in [-0.3, -0.25) is 14.4 Å². The summed E-state index contributed by atoms with van der Waals surface area (Å²) in [5.74, 6) is 0.0998. The Morgan fingerprint density at radius 1 is 1.17 bits per heavy atom. The van der Waals surface area contributed by atoms with E-state index in [-0.39, 0.29) is 35.1 Å². The molecule has 0 bridgehead atoms. The average molecular weight is 427 g/mol. The fourth-order valence-electron chi connectivity index (χ4n) is 4.84. The first-order valence-corrected chi connectivity index (χ1v) is 11.1. The number of hydrogen-bond donors (Lipinski definition) is 0. The Bertz CT molecular complexity index is 978. The molecule has 160 valence electrons. The first-order valence-electron chi connectivity index (χ1n) is 10.7. The van der Waals surface area contributed by atoms with Crippen molar-refractivity contribution < 1.29 is 14.4 Å². The van der Waals surface area contributed by atoms with Crippen LogP contribution in [0.4, 0.5) is 0 Å². The zero-order valence-corrected chi connectivity index (χ0v) is 19.4. The maximum Gasteiger partial charge on any atom is 0.163 e. The van der Waals surface area contributed by atoms with Gasteiger partial charge in [0.25, 0.3) is 0 Å². The van der Waals surface area contributed by atoms with Crippen molar-refractivity contribution in [2.24, 2.45) is 5.41 Å². The molecule has 2 aliphatic carbocycles.